The first-order valence-corrected chi connectivity index (χ1v) is 13.2. The Morgan fingerprint density at radius 2 is 1.56 bits per heavy atom. The summed E-state index contributed by atoms with van der Waals surface area (Å²) in [6.45, 7) is 6.36. The van der Waals surface area contributed by atoms with E-state index >= 15 is 0 Å². The van der Waals surface area contributed by atoms with Gasteiger partial charge in [-0.05, 0) is 49.1 Å². The van der Waals surface area contributed by atoms with Gasteiger partial charge in [-0.25, -0.2) is 4.79 Å². The fourth-order valence-electron chi connectivity index (χ4n) is 4.82. The first-order chi connectivity index (χ1) is 17.2. The Morgan fingerprint density at radius 1 is 0.917 bits per heavy atom. The van der Waals surface area contributed by atoms with E-state index < -0.39 is 11.9 Å². The number of unbranched alkanes of at least 4 members (excludes halogenated alkanes) is 8. The van der Waals surface area contributed by atoms with E-state index in [1.54, 1.807) is 0 Å². The summed E-state index contributed by atoms with van der Waals surface area (Å²) in [5, 5.41) is 18.4. The maximum Gasteiger partial charge on any atom is 0.328 e. The second-order valence-corrected chi connectivity index (χ2v) is 9.61. The molecule has 0 amide bonds. The van der Waals surface area contributed by atoms with Crippen molar-refractivity contribution >= 4 is 23.8 Å². The van der Waals surface area contributed by atoms with Crippen molar-refractivity contribution in [3.05, 3.63) is 64.0 Å². The number of ketones is 1. The Kier molecular flexibility index (Phi) is 12.2. The molecule has 0 spiro atoms. The molecule has 2 rings (SSSR count). The van der Waals surface area contributed by atoms with Crippen molar-refractivity contribution < 1.29 is 24.6 Å². The Labute approximate surface area is 215 Å². The molecule has 0 aliphatic carbocycles. The molecule has 0 fully saturated rings. The van der Waals surface area contributed by atoms with Crippen LogP contribution >= 0.6 is 0 Å². The Bertz CT molecular complexity index is 1060. The zero-order valence-electron chi connectivity index (χ0n) is 22.0. The van der Waals surface area contributed by atoms with Crippen LogP contribution in [0.25, 0.3) is 6.08 Å². The lowest BCUT2D eigenvalue weighted by atomic mass is 9.99. The second kappa shape index (κ2) is 15.1. The molecule has 1 heterocycles. The van der Waals surface area contributed by atoms with Gasteiger partial charge in [-0.3, -0.25) is 9.59 Å². The van der Waals surface area contributed by atoms with Crippen LogP contribution in [0, 0.1) is 13.8 Å². The van der Waals surface area contributed by atoms with Crippen LogP contribution in [0.1, 0.15) is 110 Å². The Hall–Kier alpha value is -3.15. The molecule has 0 radical (unpaired) electrons. The third-order valence-electron chi connectivity index (χ3n) is 6.72. The van der Waals surface area contributed by atoms with Crippen LogP contribution in [0.2, 0.25) is 0 Å². The number of rotatable bonds is 17. The number of carboxylic acids is 2. The maximum absolute atomic E-state index is 13.2. The maximum atomic E-state index is 13.2. The molecular weight excluding hydrogens is 454 g/mol. The molecule has 2 N–H and O–H groups in total. The molecule has 196 valence electrons. The quantitative estimate of drug-likeness (QED) is 0.140. The van der Waals surface area contributed by atoms with Crippen molar-refractivity contribution in [1.82, 2.24) is 4.57 Å². The lowest BCUT2D eigenvalue weighted by Gasteiger charge is -2.12. The molecule has 2 aromatic rings. The summed E-state index contributed by atoms with van der Waals surface area (Å²) >= 11 is 0. The SMILES string of the molecule is CCCCCCCCCCCC(=O)c1c(C)c(CC(=O)O)n(Cc2cccc(C=CC(=O)O)c2)c1C. The topological polar surface area (TPSA) is 96.6 Å². The lowest BCUT2D eigenvalue weighted by Crippen LogP contribution is -2.11. The third kappa shape index (κ3) is 9.14. The summed E-state index contributed by atoms with van der Waals surface area (Å²) in [6.07, 6.45) is 13.6. The average Bonchev–Trinajstić information content (AvgIpc) is 3.05. The van der Waals surface area contributed by atoms with Crippen molar-refractivity contribution in [3.63, 3.8) is 0 Å². The standard InChI is InChI=1S/C30H41NO5/c1-4-5-6-7-8-9-10-11-12-16-27(32)30-22(2)26(20-29(35)36)31(23(30)3)21-25-15-13-14-24(19-25)17-18-28(33)34/h13-15,17-19H,4-12,16,20-21H2,1-3H3,(H,33,34)(H,35,36). The first-order valence-electron chi connectivity index (χ1n) is 13.2. The minimum Gasteiger partial charge on any atom is -0.481 e. The van der Waals surface area contributed by atoms with Gasteiger partial charge in [0, 0.05) is 36.0 Å². The molecule has 0 saturated carbocycles. The highest BCUT2D eigenvalue weighted by molar-refractivity contribution is 5.99. The molecule has 36 heavy (non-hydrogen) atoms. The van der Waals surface area contributed by atoms with E-state index in [0.29, 0.717) is 24.2 Å². The van der Waals surface area contributed by atoms with Gasteiger partial charge in [-0.2, -0.15) is 0 Å². The van der Waals surface area contributed by atoms with E-state index in [1.807, 2.05) is 42.7 Å². The Morgan fingerprint density at radius 3 is 2.17 bits per heavy atom. The third-order valence-corrected chi connectivity index (χ3v) is 6.72. The molecule has 0 unspecified atom stereocenters. The summed E-state index contributed by atoms with van der Waals surface area (Å²) in [6, 6.07) is 7.45. The number of Topliss-reactive ketones (excluding diaryl/α,β-unsaturated/α-hetero) is 1. The van der Waals surface area contributed by atoms with E-state index in [0.717, 1.165) is 47.7 Å². The van der Waals surface area contributed by atoms with Crippen molar-refractivity contribution in [2.45, 2.75) is 97.9 Å². The van der Waals surface area contributed by atoms with Crippen molar-refractivity contribution in [1.29, 1.82) is 0 Å². The highest BCUT2D eigenvalue weighted by Gasteiger charge is 2.23. The highest BCUT2D eigenvalue weighted by Crippen LogP contribution is 2.26. The van der Waals surface area contributed by atoms with Crippen LogP contribution in [-0.4, -0.2) is 32.5 Å². The minimum absolute atomic E-state index is 0.0801. The molecule has 0 aliphatic heterocycles. The summed E-state index contributed by atoms with van der Waals surface area (Å²) in [5.41, 5.74) is 4.48. The zero-order chi connectivity index (χ0) is 26.5. The molecule has 1 aromatic carbocycles. The summed E-state index contributed by atoms with van der Waals surface area (Å²) in [4.78, 5) is 35.6. The number of carbonyl (C=O) groups excluding carboxylic acids is 1. The lowest BCUT2D eigenvalue weighted by molar-refractivity contribution is -0.136. The summed E-state index contributed by atoms with van der Waals surface area (Å²) in [7, 11) is 0. The van der Waals surface area contributed by atoms with Crippen LogP contribution in [-0.2, 0) is 22.6 Å². The highest BCUT2D eigenvalue weighted by atomic mass is 16.4. The van der Waals surface area contributed by atoms with Crippen molar-refractivity contribution in [2.75, 3.05) is 0 Å². The van der Waals surface area contributed by atoms with Gasteiger partial charge in [0.25, 0.3) is 0 Å². The largest absolute Gasteiger partial charge is 0.481 e. The smallest absolute Gasteiger partial charge is 0.328 e. The van der Waals surface area contributed by atoms with Gasteiger partial charge in [0.1, 0.15) is 0 Å². The number of nitrogens with zero attached hydrogens (tertiary/aromatic N) is 1. The number of carboxylic acid groups (broad SMARTS) is 2. The number of hydrogen-bond donors (Lipinski definition) is 2. The minimum atomic E-state index is -1.02. The van der Waals surface area contributed by atoms with Gasteiger partial charge in [-0.15, -0.1) is 0 Å². The molecular formula is C30H41NO5. The molecule has 0 saturated heterocycles. The van der Waals surface area contributed by atoms with Crippen molar-refractivity contribution in [3.8, 4) is 0 Å². The number of hydrogen-bond acceptors (Lipinski definition) is 3. The van der Waals surface area contributed by atoms with Crippen LogP contribution in [0.5, 0.6) is 0 Å². The van der Waals surface area contributed by atoms with Crippen LogP contribution < -0.4 is 0 Å². The van der Waals surface area contributed by atoms with Crippen LogP contribution in [0.15, 0.2) is 30.3 Å². The number of aliphatic carboxylic acids is 2. The fraction of sp³-hybridized carbons (Fsp3) is 0.500. The fourth-order valence-corrected chi connectivity index (χ4v) is 4.82. The molecule has 0 aliphatic rings. The van der Waals surface area contributed by atoms with E-state index in [4.69, 9.17) is 5.11 Å². The van der Waals surface area contributed by atoms with Gasteiger partial charge in [0.15, 0.2) is 5.78 Å². The van der Waals surface area contributed by atoms with Gasteiger partial charge < -0.3 is 14.8 Å². The number of benzene rings is 1. The first kappa shape index (κ1) is 29.1. The molecule has 6 heteroatoms. The van der Waals surface area contributed by atoms with Gasteiger partial charge in [0.2, 0.25) is 0 Å². The monoisotopic (exact) mass is 495 g/mol. The summed E-state index contributed by atoms with van der Waals surface area (Å²) in [5.74, 6) is -1.87. The number of aromatic nitrogens is 1. The predicted octanol–water partition coefficient (Wildman–Crippen LogP) is 6.98. The molecule has 0 bridgehead atoms. The Balaban J connectivity index is 2.11. The molecule has 6 nitrogen and oxygen atoms in total. The van der Waals surface area contributed by atoms with Gasteiger partial charge in [0.05, 0.1) is 6.42 Å². The normalized spacial score (nSPS) is 11.3. The van der Waals surface area contributed by atoms with E-state index in [9.17, 15) is 19.5 Å². The zero-order valence-corrected chi connectivity index (χ0v) is 22.0. The molecule has 1 aromatic heterocycles. The van der Waals surface area contributed by atoms with Gasteiger partial charge >= 0.3 is 11.9 Å². The average molecular weight is 496 g/mol. The number of carbonyl (C=O) groups is 3. The van der Waals surface area contributed by atoms with E-state index in [-0.39, 0.29) is 12.2 Å². The predicted molar refractivity (Wildman–Crippen MR) is 144 cm³/mol. The van der Waals surface area contributed by atoms with E-state index in [2.05, 4.69) is 6.92 Å². The van der Waals surface area contributed by atoms with Crippen LogP contribution in [0.4, 0.5) is 0 Å². The van der Waals surface area contributed by atoms with Crippen LogP contribution in [0.3, 0.4) is 0 Å². The van der Waals surface area contributed by atoms with Gasteiger partial charge in [-0.1, -0.05) is 76.5 Å². The molecule has 0 atom stereocenters. The van der Waals surface area contributed by atoms with Crippen molar-refractivity contribution in [2.24, 2.45) is 0 Å². The second-order valence-electron chi connectivity index (χ2n) is 9.61. The summed E-state index contributed by atoms with van der Waals surface area (Å²) < 4.78 is 1.92. The van der Waals surface area contributed by atoms with E-state index in [1.165, 1.54) is 44.6 Å².